The Morgan fingerprint density at radius 1 is 1.06 bits per heavy atom. The van der Waals surface area contributed by atoms with E-state index < -0.39 is 11.6 Å². The standard InChI is InChI=1S/C15H13BrF2/c1-10(9-16)11-2-4-12(5-3-11)14-7-6-13(17)8-15(14)18/h2-8,10H,9H2,1H3. The third-order valence-electron chi connectivity index (χ3n) is 2.95. The van der Waals surface area contributed by atoms with Crippen LogP contribution >= 0.6 is 15.9 Å². The van der Waals surface area contributed by atoms with Gasteiger partial charge in [0, 0.05) is 17.0 Å². The fourth-order valence-electron chi connectivity index (χ4n) is 1.80. The summed E-state index contributed by atoms with van der Waals surface area (Å²) < 4.78 is 26.4. The van der Waals surface area contributed by atoms with Crippen LogP contribution in [-0.2, 0) is 0 Å². The highest BCUT2D eigenvalue weighted by atomic mass is 79.9. The Hall–Kier alpha value is -1.22. The molecule has 3 heteroatoms. The molecule has 0 saturated heterocycles. The molecule has 0 aliphatic rings. The Morgan fingerprint density at radius 2 is 1.72 bits per heavy atom. The molecule has 0 aromatic heterocycles. The van der Waals surface area contributed by atoms with Crippen molar-refractivity contribution < 1.29 is 8.78 Å². The van der Waals surface area contributed by atoms with Crippen molar-refractivity contribution in [2.45, 2.75) is 12.8 Å². The number of halogens is 3. The minimum atomic E-state index is -0.555. The van der Waals surface area contributed by atoms with Crippen LogP contribution in [0.2, 0.25) is 0 Å². The molecule has 0 aliphatic carbocycles. The zero-order chi connectivity index (χ0) is 13.1. The SMILES string of the molecule is CC(CBr)c1ccc(-c2ccc(F)cc2F)cc1. The summed E-state index contributed by atoms with van der Waals surface area (Å²) in [5, 5.41) is 0.886. The highest BCUT2D eigenvalue weighted by Gasteiger charge is 2.08. The van der Waals surface area contributed by atoms with Gasteiger partial charge in [0.2, 0.25) is 0 Å². The topological polar surface area (TPSA) is 0 Å². The fraction of sp³-hybridized carbons (Fsp3) is 0.200. The van der Waals surface area contributed by atoms with Gasteiger partial charge in [0.1, 0.15) is 11.6 Å². The third kappa shape index (κ3) is 2.78. The van der Waals surface area contributed by atoms with Crippen molar-refractivity contribution in [2.75, 3.05) is 5.33 Å². The molecule has 94 valence electrons. The Bertz CT molecular complexity index is 535. The highest BCUT2D eigenvalue weighted by Crippen LogP contribution is 2.26. The van der Waals surface area contributed by atoms with E-state index in [0.717, 1.165) is 17.0 Å². The molecular weight excluding hydrogens is 298 g/mol. The average Bonchev–Trinajstić information content (AvgIpc) is 2.38. The zero-order valence-corrected chi connectivity index (χ0v) is 11.5. The summed E-state index contributed by atoms with van der Waals surface area (Å²) in [5.74, 6) is -0.672. The molecule has 1 unspecified atom stereocenters. The molecule has 0 nitrogen and oxygen atoms in total. The smallest absolute Gasteiger partial charge is 0.133 e. The summed E-state index contributed by atoms with van der Waals surface area (Å²) in [6.07, 6.45) is 0. The van der Waals surface area contributed by atoms with Crippen LogP contribution in [0.3, 0.4) is 0 Å². The van der Waals surface area contributed by atoms with Gasteiger partial charge in [-0.3, -0.25) is 0 Å². The van der Waals surface area contributed by atoms with Crippen molar-refractivity contribution in [2.24, 2.45) is 0 Å². The van der Waals surface area contributed by atoms with Crippen molar-refractivity contribution >= 4 is 15.9 Å². The summed E-state index contributed by atoms with van der Waals surface area (Å²) in [5.41, 5.74) is 2.38. The zero-order valence-electron chi connectivity index (χ0n) is 9.96. The summed E-state index contributed by atoms with van der Waals surface area (Å²) in [7, 11) is 0. The molecule has 0 bridgehead atoms. The predicted octanol–water partition coefficient (Wildman–Crippen LogP) is 5.13. The van der Waals surface area contributed by atoms with E-state index in [2.05, 4.69) is 22.9 Å². The van der Waals surface area contributed by atoms with E-state index in [1.807, 2.05) is 24.3 Å². The number of hydrogen-bond acceptors (Lipinski definition) is 0. The van der Waals surface area contributed by atoms with Gasteiger partial charge in [0.05, 0.1) is 0 Å². The lowest BCUT2D eigenvalue weighted by molar-refractivity contribution is 0.585. The van der Waals surface area contributed by atoms with Crippen LogP contribution in [0.1, 0.15) is 18.4 Å². The van der Waals surface area contributed by atoms with Gasteiger partial charge >= 0.3 is 0 Å². The molecule has 1 atom stereocenters. The first kappa shape index (κ1) is 13.2. The number of rotatable bonds is 3. The van der Waals surface area contributed by atoms with Gasteiger partial charge in [-0.05, 0) is 29.2 Å². The van der Waals surface area contributed by atoms with Crippen molar-refractivity contribution in [1.82, 2.24) is 0 Å². The molecule has 2 aromatic rings. The van der Waals surface area contributed by atoms with Crippen molar-refractivity contribution in [3.05, 3.63) is 59.7 Å². The van der Waals surface area contributed by atoms with Gasteiger partial charge < -0.3 is 0 Å². The minimum absolute atomic E-state index is 0.414. The first-order valence-electron chi connectivity index (χ1n) is 5.73. The lowest BCUT2D eigenvalue weighted by atomic mass is 9.98. The summed E-state index contributed by atoms with van der Waals surface area (Å²) in [6.45, 7) is 2.11. The molecule has 2 rings (SSSR count). The lowest BCUT2D eigenvalue weighted by Crippen LogP contribution is -1.94. The van der Waals surface area contributed by atoms with Crippen LogP contribution in [-0.4, -0.2) is 5.33 Å². The quantitative estimate of drug-likeness (QED) is 0.689. The fourth-order valence-corrected chi connectivity index (χ4v) is 2.18. The van der Waals surface area contributed by atoms with E-state index in [-0.39, 0.29) is 0 Å². The van der Waals surface area contributed by atoms with Gasteiger partial charge in [-0.2, -0.15) is 0 Å². The molecule has 0 amide bonds. The predicted molar refractivity (Wildman–Crippen MR) is 74.0 cm³/mol. The number of benzene rings is 2. The van der Waals surface area contributed by atoms with Gasteiger partial charge in [-0.1, -0.05) is 47.1 Å². The van der Waals surface area contributed by atoms with Crippen molar-refractivity contribution in [3.8, 4) is 11.1 Å². The molecule has 0 saturated carbocycles. The monoisotopic (exact) mass is 310 g/mol. The summed E-state index contributed by atoms with van der Waals surface area (Å²) in [6, 6.07) is 11.3. The van der Waals surface area contributed by atoms with Crippen LogP contribution in [0.4, 0.5) is 8.78 Å². The molecular formula is C15H13BrF2. The van der Waals surface area contributed by atoms with E-state index in [1.165, 1.54) is 17.7 Å². The van der Waals surface area contributed by atoms with E-state index in [9.17, 15) is 8.78 Å². The molecule has 0 aliphatic heterocycles. The maximum atomic E-state index is 13.6. The maximum Gasteiger partial charge on any atom is 0.133 e. The Labute approximate surface area is 114 Å². The van der Waals surface area contributed by atoms with Crippen LogP contribution in [0.5, 0.6) is 0 Å². The number of alkyl halides is 1. The van der Waals surface area contributed by atoms with Crippen LogP contribution in [0.15, 0.2) is 42.5 Å². The molecule has 18 heavy (non-hydrogen) atoms. The second-order valence-corrected chi connectivity index (χ2v) is 4.95. The summed E-state index contributed by atoms with van der Waals surface area (Å²) in [4.78, 5) is 0. The molecule has 0 heterocycles. The molecule has 0 N–H and O–H groups in total. The maximum absolute atomic E-state index is 13.6. The van der Waals surface area contributed by atoms with Gasteiger partial charge in [0.15, 0.2) is 0 Å². The van der Waals surface area contributed by atoms with Crippen molar-refractivity contribution in [3.63, 3.8) is 0 Å². The van der Waals surface area contributed by atoms with E-state index in [4.69, 9.17) is 0 Å². The minimum Gasteiger partial charge on any atom is -0.207 e. The number of hydrogen-bond donors (Lipinski definition) is 0. The van der Waals surface area contributed by atoms with Crippen molar-refractivity contribution in [1.29, 1.82) is 0 Å². The van der Waals surface area contributed by atoms with Gasteiger partial charge in [-0.25, -0.2) is 8.78 Å². The highest BCUT2D eigenvalue weighted by molar-refractivity contribution is 9.09. The van der Waals surface area contributed by atoms with Crippen LogP contribution in [0.25, 0.3) is 11.1 Å². The van der Waals surface area contributed by atoms with Gasteiger partial charge in [0.25, 0.3) is 0 Å². The van der Waals surface area contributed by atoms with Crippen LogP contribution < -0.4 is 0 Å². The first-order valence-corrected chi connectivity index (χ1v) is 6.85. The molecule has 0 spiro atoms. The second-order valence-electron chi connectivity index (χ2n) is 4.30. The van der Waals surface area contributed by atoms with Crippen LogP contribution in [0, 0.1) is 11.6 Å². The Morgan fingerprint density at radius 3 is 2.28 bits per heavy atom. The Balaban J connectivity index is 2.34. The first-order chi connectivity index (χ1) is 8.61. The molecule has 0 radical (unpaired) electrons. The Kier molecular flexibility index (Phi) is 4.12. The normalized spacial score (nSPS) is 12.4. The molecule has 0 fully saturated rings. The van der Waals surface area contributed by atoms with E-state index >= 15 is 0 Å². The van der Waals surface area contributed by atoms with E-state index in [0.29, 0.717) is 11.5 Å². The third-order valence-corrected chi connectivity index (χ3v) is 3.92. The second kappa shape index (κ2) is 5.61. The lowest BCUT2D eigenvalue weighted by Gasteiger charge is -2.09. The largest absolute Gasteiger partial charge is 0.207 e. The van der Waals surface area contributed by atoms with Gasteiger partial charge in [-0.15, -0.1) is 0 Å². The van der Waals surface area contributed by atoms with E-state index in [1.54, 1.807) is 0 Å². The average molecular weight is 311 g/mol. The summed E-state index contributed by atoms with van der Waals surface area (Å²) >= 11 is 3.43. The molecule has 2 aromatic carbocycles.